The number of carbonyl (C=O) groups is 2. The Morgan fingerprint density at radius 1 is 1.44 bits per heavy atom. The molecule has 0 atom stereocenters. The van der Waals surface area contributed by atoms with Gasteiger partial charge < -0.3 is 4.74 Å². The predicted molar refractivity (Wildman–Crippen MR) is 53.2 cm³/mol. The lowest BCUT2D eigenvalue weighted by atomic mass is 10.0. The maximum atomic E-state index is 12.1. The minimum Gasteiger partial charge on any atom is -0.434 e. The van der Waals surface area contributed by atoms with Crippen molar-refractivity contribution in [3.8, 4) is 5.75 Å². The molecule has 0 fully saturated rings. The Morgan fingerprint density at radius 2 is 2.06 bits per heavy atom. The van der Waals surface area contributed by atoms with Gasteiger partial charge in [-0.15, -0.1) is 0 Å². The molecule has 0 unspecified atom stereocenters. The summed E-state index contributed by atoms with van der Waals surface area (Å²) in [5.41, 5.74) is 0.746. The lowest BCUT2D eigenvalue weighted by Crippen LogP contribution is -2.08. The van der Waals surface area contributed by atoms with Crippen LogP contribution in [0, 0.1) is 6.92 Å². The first-order valence-corrected chi connectivity index (χ1v) is 4.51. The summed E-state index contributed by atoms with van der Waals surface area (Å²) >= 11 is 0. The second-order valence-electron chi connectivity index (χ2n) is 3.26. The molecule has 0 saturated heterocycles. The third kappa shape index (κ3) is 2.62. The van der Waals surface area contributed by atoms with Crippen molar-refractivity contribution in [2.45, 2.75) is 20.5 Å². The molecule has 0 bridgehead atoms. The average molecular weight is 228 g/mol. The Hall–Kier alpha value is -1.78. The van der Waals surface area contributed by atoms with Gasteiger partial charge in [-0.05, 0) is 31.5 Å². The number of hydrogen-bond donors (Lipinski definition) is 0. The van der Waals surface area contributed by atoms with E-state index in [-0.39, 0.29) is 16.9 Å². The van der Waals surface area contributed by atoms with Crippen molar-refractivity contribution in [2.75, 3.05) is 0 Å². The van der Waals surface area contributed by atoms with Crippen molar-refractivity contribution >= 4 is 12.1 Å². The summed E-state index contributed by atoms with van der Waals surface area (Å²) in [6, 6.07) is 2.51. The van der Waals surface area contributed by atoms with Gasteiger partial charge in [-0.1, -0.05) is 0 Å². The van der Waals surface area contributed by atoms with Gasteiger partial charge in [0.05, 0.1) is 5.56 Å². The minimum absolute atomic E-state index is 0.0204. The molecular weight excluding hydrogens is 218 g/mol. The predicted octanol–water partition coefficient (Wildman–Crippen LogP) is 2.61. The third-order valence-corrected chi connectivity index (χ3v) is 2.09. The number of rotatable bonds is 4. The van der Waals surface area contributed by atoms with Gasteiger partial charge >= 0.3 is 6.61 Å². The van der Waals surface area contributed by atoms with Crippen LogP contribution in [0.5, 0.6) is 5.75 Å². The minimum atomic E-state index is -3.00. The second kappa shape index (κ2) is 4.83. The Morgan fingerprint density at radius 3 is 2.50 bits per heavy atom. The molecule has 0 radical (unpaired) electrons. The van der Waals surface area contributed by atoms with E-state index in [9.17, 15) is 18.4 Å². The number of ketones is 1. The van der Waals surface area contributed by atoms with Crippen molar-refractivity contribution in [3.05, 3.63) is 28.8 Å². The van der Waals surface area contributed by atoms with Gasteiger partial charge in [0.25, 0.3) is 0 Å². The van der Waals surface area contributed by atoms with E-state index in [4.69, 9.17) is 0 Å². The standard InChI is InChI=1S/C11H10F2O3/c1-6-3-10(16-11(12)13)9(7(2)15)4-8(6)5-14/h3-5,11H,1-2H3. The molecule has 1 rings (SSSR count). The molecule has 1 aromatic carbocycles. The number of aldehydes is 1. The van der Waals surface area contributed by atoms with Crippen molar-refractivity contribution < 1.29 is 23.1 Å². The molecule has 86 valence electrons. The lowest BCUT2D eigenvalue weighted by molar-refractivity contribution is -0.0501. The van der Waals surface area contributed by atoms with Crippen LogP contribution in [0.25, 0.3) is 0 Å². The van der Waals surface area contributed by atoms with E-state index in [1.807, 2.05) is 0 Å². The maximum Gasteiger partial charge on any atom is 0.387 e. The van der Waals surface area contributed by atoms with Crippen LogP contribution in [0.3, 0.4) is 0 Å². The monoisotopic (exact) mass is 228 g/mol. The van der Waals surface area contributed by atoms with Gasteiger partial charge in [0.1, 0.15) is 12.0 Å². The molecule has 0 spiro atoms. The highest BCUT2D eigenvalue weighted by Gasteiger charge is 2.15. The van der Waals surface area contributed by atoms with Gasteiger partial charge in [0.15, 0.2) is 5.78 Å². The van der Waals surface area contributed by atoms with Crippen molar-refractivity contribution in [1.82, 2.24) is 0 Å². The number of carbonyl (C=O) groups excluding carboxylic acids is 2. The highest BCUT2D eigenvalue weighted by atomic mass is 19.3. The Labute approximate surface area is 91.0 Å². The summed E-state index contributed by atoms with van der Waals surface area (Å²) in [5.74, 6) is -0.635. The van der Waals surface area contributed by atoms with Gasteiger partial charge in [0.2, 0.25) is 0 Å². The summed E-state index contributed by atoms with van der Waals surface area (Å²) in [7, 11) is 0. The molecular formula is C11H10F2O3. The van der Waals surface area contributed by atoms with Gasteiger partial charge in [-0.3, -0.25) is 9.59 Å². The molecule has 5 heteroatoms. The topological polar surface area (TPSA) is 43.4 Å². The number of alkyl halides is 2. The average Bonchev–Trinajstić information content (AvgIpc) is 2.16. The SMILES string of the molecule is CC(=O)c1cc(C=O)c(C)cc1OC(F)F. The summed E-state index contributed by atoms with van der Waals surface area (Å²) in [5, 5.41) is 0. The van der Waals surface area contributed by atoms with Crippen LogP contribution in [0.15, 0.2) is 12.1 Å². The Balaban J connectivity index is 3.30. The van der Waals surface area contributed by atoms with Crippen LogP contribution in [-0.2, 0) is 0 Å². The molecule has 0 aliphatic rings. The van der Waals surface area contributed by atoms with E-state index in [0.717, 1.165) is 0 Å². The summed E-state index contributed by atoms with van der Waals surface area (Å²) in [6.45, 7) is -0.205. The van der Waals surface area contributed by atoms with Crippen LogP contribution in [0.1, 0.15) is 33.2 Å². The van der Waals surface area contributed by atoms with E-state index in [2.05, 4.69) is 4.74 Å². The fraction of sp³-hybridized carbons (Fsp3) is 0.273. The highest BCUT2D eigenvalue weighted by molar-refractivity contribution is 5.98. The van der Waals surface area contributed by atoms with Gasteiger partial charge in [-0.25, -0.2) is 0 Å². The third-order valence-electron chi connectivity index (χ3n) is 2.09. The number of aryl methyl sites for hydroxylation is 1. The van der Waals surface area contributed by atoms with Gasteiger partial charge in [0, 0.05) is 5.56 Å². The number of hydrogen-bond acceptors (Lipinski definition) is 3. The fourth-order valence-electron chi connectivity index (χ4n) is 1.29. The van der Waals surface area contributed by atoms with E-state index >= 15 is 0 Å². The fourth-order valence-corrected chi connectivity index (χ4v) is 1.29. The number of Topliss-reactive ketones (excluding diaryl/α,β-unsaturated/α-hetero) is 1. The van der Waals surface area contributed by atoms with E-state index in [0.29, 0.717) is 11.8 Å². The molecule has 0 aromatic heterocycles. The van der Waals surface area contributed by atoms with Crippen LogP contribution >= 0.6 is 0 Å². The van der Waals surface area contributed by atoms with Crippen molar-refractivity contribution in [1.29, 1.82) is 0 Å². The van der Waals surface area contributed by atoms with Crippen LogP contribution in [0.4, 0.5) is 8.78 Å². The molecule has 0 saturated carbocycles. The van der Waals surface area contributed by atoms with Crippen LogP contribution in [0.2, 0.25) is 0 Å². The maximum absolute atomic E-state index is 12.1. The first kappa shape index (κ1) is 12.3. The smallest absolute Gasteiger partial charge is 0.387 e. The molecule has 1 aromatic rings. The van der Waals surface area contributed by atoms with Crippen LogP contribution in [-0.4, -0.2) is 18.7 Å². The van der Waals surface area contributed by atoms with E-state index < -0.39 is 12.4 Å². The zero-order valence-corrected chi connectivity index (χ0v) is 8.79. The Bertz CT molecular complexity index is 427. The largest absolute Gasteiger partial charge is 0.434 e. The zero-order chi connectivity index (χ0) is 12.3. The normalized spacial score (nSPS) is 10.3. The molecule has 0 aliphatic carbocycles. The van der Waals surface area contributed by atoms with E-state index in [1.165, 1.54) is 19.1 Å². The molecule has 3 nitrogen and oxygen atoms in total. The quantitative estimate of drug-likeness (QED) is 0.587. The lowest BCUT2D eigenvalue weighted by Gasteiger charge is -2.10. The first-order chi connectivity index (χ1) is 7.45. The number of halogens is 2. The molecule has 0 heterocycles. The van der Waals surface area contributed by atoms with Crippen molar-refractivity contribution in [3.63, 3.8) is 0 Å². The van der Waals surface area contributed by atoms with Crippen LogP contribution < -0.4 is 4.74 Å². The Kier molecular flexibility index (Phi) is 3.71. The van der Waals surface area contributed by atoms with Crippen molar-refractivity contribution in [2.24, 2.45) is 0 Å². The number of benzene rings is 1. The highest BCUT2D eigenvalue weighted by Crippen LogP contribution is 2.25. The van der Waals surface area contributed by atoms with Gasteiger partial charge in [-0.2, -0.15) is 8.78 Å². The summed E-state index contributed by atoms with van der Waals surface area (Å²) < 4.78 is 28.4. The molecule has 0 aliphatic heterocycles. The first-order valence-electron chi connectivity index (χ1n) is 4.51. The van der Waals surface area contributed by atoms with E-state index in [1.54, 1.807) is 6.92 Å². The summed E-state index contributed by atoms with van der Waals surface area (Å²) in [6.07, 6.45) is 0.563. The second-order valence-corrected chi connectivity index (χ2v) is 3.26. The molecule has 16 heavy (non-hydrogen) atoms. The summed E-state index contributed by atoms with van der Waals surface area (Å²) in [4.78, 5) is 21.8. The molecule has 0 N–H and O–H groups in total. The zero-order valence-electron chi connectivity index (χ0n) is 8.79. The molecule has 0 amide bonds. The number of ether oxygens (including phenoxy) is 1.